The molecule has 0 bridgehead atoms. The van der Waals surface area contributed by atoms with Crippen LogP contribution in [0.3, 0.4) is 0 Å². The molecule has 8 heteroatoms. The molecule has 0 aliphatic rings. The standard InChI is InChI=1S/C25H25F2NO4S/c1-18(2)15-25(29)28(16-19-7-9-21(26)10-8-19)17-20-5-3-4-6-24(20)32-33(30,31)23-13-11-22(27)12-14-23/h3-14,18H,15-17H2,1-2H3. The number of hydrogen-bond acceptors (Lipinski definition) is 4. The Morgan fingerprint density at radius 1 is 0.879 bits per heavy atom. The lowest BCUT2D eigenvalue weighted by atomic mass is 10.1. The first kappa shape index (κ1) is 24.4. The topological polar surface area (TPSA) is 63.7 Å². The third-order valence-electron chi connectivity index (χ3n) is 4.86. The van der Waals surface area contributed by atoms with Crippen LogP contribution in [0.5, 0.6) is 5.75 Å². The van der Waals surface area contributed by atoms with Crippen LogP contribution >= 0.6 is 0 Å². The van der Waals surface area contributed by atoms with E-state index < -0.39 is 15.9 Å². The summed E-state index contributed by atoms with van der Waals surface area (Å²) in [6, 6.07) is 16.7. The van der Waals surface area contributed by atoms with Crippen LogP contribution in [-0.2, 0) is 28.0 Å². The van der Waals surface area contributed by atoms with E-state index in [9.17, 15) is 22.0 Å². The van der Waals surface area contributed by atoms with Crippen molar-refractivity contribution in [1.29, 1.82) is 0 Å². The van der Waals surface area contributed by atoms with Gasteiger partial charge in [-0.25, -0.2) is 8.78 Å². The predicted molar refractivity (Wildman–Crippen MR) is 121 cm³/mol. The fourth-order valence-electron chi connectivity index (χ4n) is 3.21. The maximum Gasteiger partial charge on any atom is 0.339 e. The molecule has 0 saturated heterocycles. The number of nitrogens with zero attached hydrogens (tertiary/aromatic N) is 1. The summed E-state index contributed by atoms with van der Waals surface area (Å²) < 4.78 is 57.2. The van der Waals surface area contributed by atoms with Crippen molar-refractivity contribution in [2.75, 3.05) is 0 Å². The van der Waals surface area contributed by atoms with Crippen LogP contribution in [0.25, 0.3) is 0 Å². The van der Waals surface area contributed by atoms with Gasteiger partial charge in [-0.15, -0.1) is 0 Å². The highest BCUT2D eigenvalue weighted by molar-refractivity contribution is 7.87. The summed E-state index contributed by atoms with van der Waals surface area (Å²) in [6.45, 7) is 4.18. The Labute approximate surface area is 192 Å². The van der Waals surface area contributed by atoms with Gasteiger partial charge in [0.2, 0.25) is 5.91 Å². The molecule has 1 amide bonds. The van der Waals surface area contributed by atoms with E-state index in [1.165, 1.54) is 18.2 Å². The minimum atomic E-state index is -4.20. The SMILES string of the molecule is CC(C)CC(=O)N(Cc1ccc(F)cc1)Cc1ccccc1OS(=O)(=O)c1ccc(F)cc1. The van der Waals surface area contributed by atoms with E-state index in [0.717, 1.165) is 29.8 Å². The molecule has 3 aromatic rings. The van der Waals surface area contributed by atoms with Crippen LogP contribution in [0.4, 0.5) is 8.78 Å². The minimum absolute atomic E-state index is 0.0725. The van der Waals surface area contributed by atoms with Crippen molar-refractivity contribution >= 4 is 16.0 Å². The molecule has 0 heterocycles. The average Bonchev–Trinajstić information content (AvgIpc) is 2.75. The van der Waals surface area contributed by atoms with E-state index in [-0.39, 0.29) is 41.4 Å². The molecule has 0 saturated carbocycles. The predicted octanol–water partition coefficient (Wildman–Crippen LogP) is 5.31. The number of benzene rings is 3. The summed E-state index contributed by atoms with van der Waals surface area (Å²) in [5, 5.41) is 0. The number of carbonyl (C=O) groups is 1. The van der Waals surface area contributed by atoms with Gasteiger partial charge in [0.1, 0.15) is 22.3 Å². The highest BCUT2D eigenvalue weighted by Crippen LogP contribution is 2.26. The van der Waals surface area contributed by atoms with Crippen molar-refractivity contribution in [2.45, 2.75) is 38.3 Å². The second-order valence-electron chi connectivity index (χ2n) is 8.07. The van der Waals surface area contributed by atoms with Gasteiger partial charge in [-0.2, -0.15) is 8.42 Å². The van der Waals surface area contributed by atoms with Crippen LogP contribution in [-0.4, -0.2) is 19.2 Å². The lowest BCUT2D eigenvalue weighted by molar-refractivity contribution is -0.133. The molecule has 174 valence electrons. The first-order chi connectivity index (χ1) is 15.6. The largest absolute Gasteiger partial charge is 0.379 e. The van der Waals surface area contributed by atoms with Gasteiger partial charge in [0, 0.05) is 25.1 Å². The van der Waals surface area contributed by atoms with Crippen LogP contribution in [0.1, 0.15) is 31.4 Å². The molecule has 0 aliphatic carbocycles. The van der Waals surface area contributed by atoms with Crippen molar-refractivity contribution in [1.82, 2.24) is 4.90 Å². The fourth-order valence-corrected chi connectivity index (χ4v) is 4.17. The minimum Gasteiger partial charge on any atom is -0.379 e. The summed E-state index contributed by atoms with van der Waals surface area (Å²) in [5.74, 6) is -0.856. The van der Waals surface area contributed by atoms with Gasteiger partial charge in [0.25, 0.3) is 0 Å². The van der Waals surface area contributed by atoms with E-state index in [0.29, 0.717) is 12.0 Å². The molecule has 0 fully saturated rings. The van der Waals surface area contributed by atoms with E-state index >= 15 is 0 Å². The fraction of sp³-hybridized carbons (Fsp3) is 0.240. The molecule has 0 N–H and O–H groups in total. The zero-order valence-electron chi connectivity index (χ0n) is 18.4. The monoisotopic (exact) mass is 473 g/mol. The maximum absolute atomic E-state index is 13.3. The first-order valence-electron chi connectivity index (χ1n) is 10.4. The Hall–Kier alpha value is -3.26. The number of carbonyl (C=O) groups excluding carboxylic acids is 1. The highest BCUT2D eigenvalue weighted by atomic mass is 32.2. The summed E-state index contributed by atoms with van der Waals surface area (Å²) in [5.41, 5.74) is 1.23. The van der Waals surface area contributed by atoms with Gasteiger partial charge >= 0.3 is 10.1 Å². The smallest absolute Gasteiger partial charge is 0.339 e. The van der Waals surface area contributed by atoms with Gasteiger partial charge in [-0.05, 0) is 53.9 Å². The first-order valence-corrected chi connectivity index (χ1v) is 11.8. The highest BCUT2D eigenvalue weighted by Gasteiger charge is 2.22. The van der Waals surface area contributed by atoms with E-state index in [1.807, 2.05) is 13.8 Å². The van der Waals surface area contributed by atoms with Crippen molar-refractivity contribution in [3.8, 4) is 5.75 Å². The molecule has 0 aliphatic heterocycles. The van der Waals surface area contributed by atoms with E-state index in [4.69, 9.17) is 4.18 Å². The summed E-state index contributed by atoms with van der Waals surface area (Å²) in [4.78, 5) is 14.3. The number of rotatable bonds is 9. The molecule has 0 aromatic heterocycles. The maximum atomic E-state index is 13.3. The van der Waals surface area contributed by atoms with Gasteiger partial charge in [-0.3, -0.25) is 4.79 Å². The van der Waals surface area contributed by atoms with Gasteiger partial charge < -0.3 is 9.08 Å². The van der Waals surface area contributed by atoms with Crippen LogP contribution in [0.15, 0.2) is 77.7 Å². The van der Waals surface area contributed by atoms with Crippen LogP contribution in [0.2, 0.25) is 0 Å². The summed E-state index contributed by atoms with van der Waals surface area (Å²) in [6.07, 6.45) is 0.304. The van der Waals surface area contributed by atoms with Crippen molar-refractivity contribution < 1.29 is 26.2 Å². The second-order valence-corrected chi connectivity index (χ2v) is 9.62. The number of para-hydroxylation sites is 1. The molecule has 5 nitrogen and oxygen atoms in total. The van der Waals surface area contributed by atoms with Crippen LogP contribution < -0.4 is 4.18 Å². The third-order valence-corrected chi connectivity index (χ3v) is 6.11. The molecular weight excluding hydrogens is 448 g/mol. The molecule has 0 radical (unpaired) electrons. The average molecular weight is 474 g/mol. The summed E-state index contributed by atoms with van der Waals surface area (Å²) in [7, 11) is -4.20. The normalized spacial score (nSPS) is 11.4. The molecular formula is C25H25F2NO4S. The second kappa shape index (κ2) is 10.6. The third kappa shape index (κ3) is 6.86. The number of amides is 1. The summed E-state index contributed by atoms with van der Waals surface area (Å²) >= 11 is 0. The van der Waals surface area contributed by atoms with Crippen molar-refractivity contribution in [3.63, 3.8) is 0 Å². The Balaban J connectivity index is 1.87. The Morgan fingerprint density at radius 2 is 1.45 bits per heavy atom. The molecule has 3 rings (SSSR count). The molecule has 33 heavy (non-hydrogen) atoms. The van der Waals surface area contributed by atoms with Gasteiger partial charge in [0.15, 0.2) is 0 Å². The molecule has 0 atom stereocenters. The number of halogens is 2. The Kier molecular flexibility index (Phi) is 7.81. The molecule has 0 spiro atoms. The van der Waals surface area contributed by atoms with E-state index in [1.54, 1.807) is 35.2 Å². The molecule has 3 aromatic carbocycles. The quantitative estimate of drug-likeness (QED) is 0.395. The lowest BCUT2D eigenvalue weighted by Crippen LogP contribution is -2.31. The van der Waals surface area contributed by atoms with Crippen molar-refractivity contribution in [3.05, 3.63) is 95.6 Å². The van der Waals surface area contributed by atoms with Gasteiger partial charge in [-0.1, -0.05) is 44.2 Å². The number of hydrogen-bond donors (Lipinski definition) is 0. The zero-order chi connectivity index (χ0) is 24.0. The van der Waals surface area contributed by atoms with Gasteiger partial charge in [0.05, 0.1) is 0 Å². The van der Waals surface area contributed by atoms with Crippen LogP contribution in [0, 0.1) is 17.6 Å². The Morgan fingerprint density at radius 3 is 2.06 bits per heavy atom. The zero-order valence-corrected chi connectivity index (χ0v) is 19.2. The molecule has 0 unspecified atom stereocenters. The van der Waals surface area contributed by atoms with Crippen molar-refractivity contribution in [2.24, 2.45) is 5.92 Å². The lowest BCUT2D eigenvalue weighted by Gasteiger charge is -2.25. The van der Waals surface area contributed by atoms with E-state index in [2.05, 4.69) is 0 Å². The Bertz CT molecular complexity index is 1190.